The van der Waals surface area contributed by atoms with Gasteiger partial charge in [0.05, 0.1) is 0 Å². The van der Waals surface area contributed by atoms with Crippen LogP contribution in [0, 0.1) is 0 Å². The van der Waals surface area contributed by atoms with E-state index in [9.17, 15) is 4.79 Å². The zero-order chi connectivity index (χ0) is 11.5. The summed E-state index contributed by atoms with van der Waals surface area (Å²) in [6.45, 7) is 4.86. The maximum Gasteiger partial charge on any atom is 0.405 e. The van der Waals surface area contributed by atoms with Crippen LogP contribution in [0.2, 0.25) is 0 Å². The van der Waals surface area contributed by atoms with E-state index in [-0.39, 0.29) is 0 Å². The second-order valence-electron chi connectivity index (χ2n) is 5.00. The summed E-state index contributed by atoms with van der Waals surface area (Å²) in [6.07, 6.45) is 3.87. The molecule has 1 saturated carbocycles. The number of ether oxygens (including phenoxy) is 1. The highest BCUT2D eigenvalue weighted by Gasteiger charge is 2.27. The van der Waals surface area contributed by atoms with Crippen LogP contribution >= 0.6 is 0 Å². The lowest BCUT2D eigenvalue weighted by atomic mass is 10.0. The fourth-order valence-corrected chi connectivity index (χ4v) is 1.78. The fourth-order valence-electron chi connectivity index (χ4n) is 1.78. The van der Waals surface area contributed by atoms with E-state index < -0.39 is 11.7 Å². The number of rotatable bonds is 6. The highest BCUT2D eigenvalue weighted by Crippen LogP contribution is 2.26. The van der Waals surface area contributed by atoms with Gasteiger partial charge in [-0.1, -0.05) is 0 Å². The van der Waals surface area contributed by atoms with E-state index in [1.165, 1.54) is 12.8 Å². The molecule has 0 aromatic heterocycles. The van der Waals surface area contributed by atoms with Gasteiger partial charge < -0.3 is 15.4 Å². The molecule has 4 nitrogen and oxygen atoms in total. The molecule has 0 spiro atoms. The molecule has 1 aliphatic carbocycles. The quantitative estimate of drug-likeness (QED) is 0.732. The van der Waals surface area contributed by atoms with Crippen LogP contribution in [0.4, 0.5) is 4.79 Å². The first-order chi connectivity index (χ1) is 6.91. The van der Waals surface area contributed by atoms with Crippen molar-refractivity contribution in [3.8, 4) is 0 Å². The van der Waals surface area contributed by atoms with Gasteiger partial charge in [0.25, 0.3) is 0 Å². The summed E-state index contributed by atoms with van der Waals surface area (Å²) in [4.78, 5) is 13.0. The van der Waals surface area contributed by atoms with Gasteiger partial charge in [-0.15, -0.1) is 0 Å². The highest BCUT2D eigenvalue weighted by atomic mass is 16.6. The largest absolute Gasteiger partial charge is 0.444 e. The van der Waals surface area contributed by atoms with Gasteiger partial charge in [-0.3, -0.25) is 0 Å². The molecular formula is C11H22N2O2. The Balaban J connectivity index is 2.14. The van der Waals surface area contributed by atoms with Crippen molar-refractivity contribution in [3.05, 3.63) is 0 Å². The van der Waals surface area contributed by atoms with Crippen LogP contribution in [0.5, 0.6) is 0 Å². The second kappa shape index (κ2) is 4.84. The molecule has 88 valence electrons. The third kappa shape index (κ3) is 5.02. The van der Waals surface area contributed by atoms with Crippen LogP contribution in [0.1, 0.15) is 39.5 Å². The molecule has 0 aromatic carbocycles. The first kappa shape index (κ1) is 12.3. The molecule has 0 radical (unpaired) electrons. The molecule has 0 bridgehead atoms. The van der Waals surface area contributed by atoms with E-state index >= 15 is 0 Å². The van der Waals surface area contributed by atoms with E-state index in [1.54, 1.807) is 0 Å². The normalized spacial score (nSPS) is 16.8. The Bertz CT molecular complexity index is 225. The first-order valence-corrected chi connectivity index (χ1v) is 5.59. The van der Waals surface area contributed by atoms with Crippen molar-refractivity contribution in [2.24, 2.45) is 5.73 Å². The summed E-state index contributed by atoms with van der Waals surface area (Å²) in [5.74, 6) is 0. The molecule has 0 aliphatic heterocycles. The molecule has 0 unspecified atom stereocenters. The van der Waals surface area contributed by atoms with E-state index in [4.69, 9.17) is 10.5 Å². The number of primary amides is 1. The van der Waals surface area contributed by atoms with Crippen molar-refractivity contribution in [1.29, 1.82) is 0 Å². The predicted octanol–water partition coefficient (Wildman–Crippen LogP) is 1.73. The monoisotopic (exact) mass is 214 g/mol. The summed E-state index contributed by atoms with van der Waals surface area (Å²) in [5.41, 5.74) is 4.56. The van der Waals surface area contributed by atoms with Crippen LogP contribution in [-0.2, 0) is 4.74 Å². The third-order valence-corrected chi connectivity index (χ3v) is 2.84. The van der Waals surface area contributed by atoms with Gasteiger partial charge in [0.15, 0.2) is 0 Å². The predicted molar refractivity (Wildman–Crippen MR) is 59.6 cm³/mol. The molecule has 0 atom stereocenters. The molecular weight excluding hydrogens is 192 g/mol. The Morgan fingerprint density at radius 2 is 2.13 bits per heavy atom. The fraction of sp³-hybridized carbons (Fsp3) is 0.909. The maximum atomic E-state index is 10.6. The lowest BCUT2D eigenvalue weighted by Crippen LogP contribution is -2.32. The molecule has 0 aromatic rings. The van der Waals surface area contributed by atoms with Crippen LogP contribution in [-0.4, -0.2) is 36.2 Å². The van der Waals surface area contributed by atoms with Crippen molar-refractivity contribution in [3.63, 3.8) is 0 Å². The first-order valence-electron chi connectivity index (χ1n) is 5.59. The van der Waals surface area contributed by atoms with Crippen molar-refractivity contribution < 1.29 is 9.53 Å². The Labute approximate surface area is 91.8 Å². The van der Waals surface area contributed by atoms with Crippen molar-refractivity contribution in [1.82, 2.24) is 4.90 Å². The van der Waals surface area contributed by atoms with Gasteiger partial charge in [-0.25, -0.2) is 4.79 Å². The minimum absolute atomic E-state index is 0.434. The number of nitrogens with two attached hydrogens (primary N) is 1. The topological polar surface area (TPSA) is 55.6 Å². The molecule has 1 amide bonds. The molecule has 4 heteroatoms. The molecule has 15 heavy (non-hydrogen) atoms. The summed E-state index contributed by atoms with van der Waals surface area (Å²) in [5, 5.41) is 0. The van der Waals surface area contributed by atoms with Gasteiger partial charge >= 0.3 is 6.09 Å². The van der Waals surface area contributed by atoms with Crippen molar-refractivity contribution >= 4 is 6.09 Å². The van der Waals surface area contributed by atoms with Gasteiger partial charge in [0.1, 0.15) is 5.60 Å². The Hall–Kier alpha value is -0.770. The number of carbonyl (C=O) groups excluding carboxylic acids is 1. The van der Waals surface area contributed by atoms with Crippen LogP contribution in [0.15, 0.2) is 0 Å². The number of nitrogens with zero attached hydrogens (tertiary/aromatic N) is 1. The van der Waals surface area contributed by atoms with Gasteiger partial charge in [-0.05, 0) is 53.1 Å². The average Bonchev–Trinajstić information content (AvgIpc) is 2.82. The molecule has 0 saturated heterocycles. The second-order valence-corrected chi connectivity index (χ2v) is 5.00. The van der Waals surface area contributed by atoms with E-state index in [1.807, 2.05) is 13.8 Å². The Morgan fingerprint density at radius 3 is 2.60 bits per heavy atom. The van der Waals surface area contributed by atoms with Crippen LogP contribution < -0.4 is 5.73 Å². The highest BCUT2D eigenvalue weighted by molar-refractivity contribution is 5.65. The van der Waals surface area contributed by atoms with Crippen molar-refractivity contribution in [2.75, 3.05) is 13.6 Å². The van der Waals surface area contributed by atoms with E-state index in [0.29, 0.717) is 0 Å². The summed E-state index contributed by atoms with van der Waals surface area (Å²) in [6, 6.07) is 0.796. The number of carbonyl (C=O) groups is 1. The standard InChI is InChI=1S/C11H22N2O2/c1-11(2,15-10(12)14)7-4-8-13(3)9-5-6-9/h9H,4-8H2,1-3H3,(H2,12,14). The smallest absolute Gasteiger partial charge is 0.405 e. The SMILES string of the molecule is CN(CCCC(C)(C)OC(N)=O)C1CC1. The Kier molecular flexibility index (Phi) is 3.97. The number of amides is 1. The van der Waals surface area contributed by atoms with E-state index in [2.05, 4.69) is 11.9 Å². The number of hydrogen-bond acceptors (Lipinski definition) is 3. The minimum atomic E-state index is -0.685. The average molecular weight is 214 g/mol. The molecule has 2 N–H and O–H groups in total. The lowest BCUT2D eigenvalue weighted by Gasteiger charge is -2.25. The zero-order valence-corrected chi connectivity index (χ0v) is 9.95. The molecule has 1 fully saturated rings. The van der Waals surface area contributed by atoms with E-state index in [0.717, 1.165) is 25.4 Å². The van der Waals surface area contributed by atoms with Gasteiger partial charge in [0, 0.05) is 6.04 Å². The van der Waals surface area contributed by atoms with Crippen molar-refractivity contribution in [2.45, 2.75) is 51.2 Å². The van der Waals surface area contributed by atoms with Gasteiger partial charge in [0.2, 0.25) is 0 Å². The minimum Gasteiger partial charge on any atom is -0.444 e. The summed E-state index contributed by atoms with van der Waals surface area (Å²) >= 11 is 0. The Morgan fingerprint density at radius 1 is 1.53 bits per heavy atom. The van der Waals surface area contributed by atoms with Crippen LogP contribution in [0.3, 0.4) is 0 Å². The zero-order valence-electron chi connectivity index (χ0n) is 9.95. The third-order valence-electron chi connectivity index (χ3n) is 2.84. The summed E-state index contributed by atoms with van der Waals surface area (Å²) < 4.78 is 5.02. The summed E-state index contributed by atoms with van der Waals surface area (Å²) in [7, 11) is 2.15. The maximum absolute atomic E-state index is 10.6. The lowest BCUT2D eigenvalue weighted by molar-refractivity contribution is 0.0359. The molecule has 1 rings (SSSR count). The number of hydrogen-bond donors (Lipinski definition) is 1. The van der Waals surface area contributed by atoms with Gasteiger partial charge in [-0.2, -0.15) is 0 Å². The molecule has 0 heterocycles. The molecule has 1 aliphatic rings. The van der Waals surface area contributed by atoms with Crippen LogP contribution in [0.25, 0.3) is 0 Å².